The highest BCUT2D eigenvalue weighted by atomic mass is 79.9. The van der Waals surface area contributed by atoms with E-state index in [1.54, 1.807) is 11.9 Å². The van der Waals surface area contributed by atoms with E-state index in [4.69, 9.17) is 5.41 Å². The van der Waals surface area contributed by atoms with Gasteiger partial charge in [0.1, 0.15) is 0 Å². The van der Waals surface area contributed by atoms with Crippen LogP contribution in [0.2, 0.25) is 0 Å². The Hall–Kier alpha value is -1.67. The maximum atomic E-state index is 12.5. The van der Waals surface area contributed by atoms with Gasteiger partial charge in [-0.2, -0.15) is 13.2 Å². The molecule has 0 amide bonds. The fraction of sp³-hybridized carbons (Fsp3) is 0.235. The summed E-state index contributed by atoms with van der Waals surface area (Å²) in [5, 5.41) is 11.1. The fourth-order valence-electron chi connectivity index (χ4n) is 2.12. The van der Waals surface area contributed by atoms with E-state index in [0.29, 0.717) is 10.2 Å². The number of aryl methyl sites for hydroxylation is 1. The van der Waals surface area contributed by atoms with E-state index in [2.05, 4.69) is 21.2 Å². The van der Waals surface area contributed by atoms with E-state index in [0.717, 1.165) is 17.7 Å². The van der Waals surface area contributed by atoms with E-state index in [1.165, 1.54) is 18.2 Å². The van der Waals surface area contributed by atoms with Gasteiger partial charge in [0.2, 0.25) is 0 Å². The van der Waals surface area contributed by atoms with Gasteiger partial charge in [0.25, 0.3) is 0 Å². The summed E-state index contributed by atoms with van der Waals surface area (Å²) in [7, 11) is 1.73. The second-order valence-corrected chi connectivity index (χ2v) is 7.24. The summed E-state index contributed by atoms with van der Waals surface area (Å²) >= 11 is 3.11. The first kappa shape index (κ1) is 19.7. The Bertz CT molecular complexity index is 765. The van der Waals surface area contributed by atoms with E-state index in [-0.39, 0.29) is 22.6 Å². The molecule has 0 aromatic heterocycles. The monoisotopic (exact) mass is 431 g/mol. The number of anilines is 2. The second-order valence-electron chi connectivity index (χ2n) is 5.25. The highest BCUT2D eigenvalue weighted by Crippen LogP contribution is 2.39. The van der Waals surface area contributed by atoms with Crippen LogP contribution in [0, 0.1) is 5.41 Å². The molecule has 2 aromatic carbocycles. The molecule has 25 heavy (non-hydrogen) atoms. The van der Waals surface area contributed by atoms with Crippen molar-refractivity contribution in [3.05, 3.63) is 52.5 Å². The first-order valence-corrected chi connectivity index (χ1v) is 9.04. The molecule has 2 N–H and O–H groups in total. The van der Waals surface area contributed by atoms with Gasteiger partial charge < -0.3 is 10.2 Å². The number of nitrogens with one attached hydrogen (secondary N) is 2. The molecule has 0 atom stereocenters. The number of hydrogen-bond acceptors (Lipinski definition) is 2. The molecule has 0 fully saturated rings. The molecular formula is C17H17BrF3N3S. The van der Waals surface area contributed by atoms with Crippen LogP contribution in [0.4, 0.5) is 24.5 Å². The lowest BCUT2D eigenvalue weighted by atomic mass is 10.1. The average Bonchev–Trinajstić information content (AvgIpc) is 2.55. The third kappa shape index (κ3) is 5.67. The zero-order chi connectivity index (χ0) is 18.6. The summed E-state index contributed by atoms with van der Waals surface area (Å²) in [5.41, 5.74) is -1.98. The molecule has 3 nitrogen and oxygen atoms in total. The Balaban J connectivity index is 2.17. The van der Waals surface area contributed by atoms with Gasteiger partial charge >= 0.3 is 5.51 Å². The molecule has 2 aromatic rings. The van der Waals surface area contributed by atoms with Crippen molar-refractivity contribution in [2.75, 3.05) is 17.3 Å². The van der Waals surface area contributed by atoms with Gasteiger partial charge in [-0.1, -0.05) is 19.1 Å². The number of nitrogens with zero attached hydrogens (tertiary/aromatic N) is 1. The summed E-state index contributed by atoms with van der Waals surface area (Å²) in [5.74, 6) is 0.0584. The van der Waals surface area contributed by atoms with Gasteiger partial charge in [0.15, 0.2) is 5.96 Å². The van der Waals surface area contributed by atoms with Gasteiger partial charge in [-0.25, -0.2) is 0 Å². The Labute approximate surface area is 157 Å². The predicted molar refractivity (Wildman–Crippen MR) is 102 cm³/mol. The van der Waals surface area contributed by atoms with Gasteiger partial charge in [-0.15, -0.1) is 0 Å². The minimum absolute atomic E-state index is 0.0571. The molecule has 0 spiro atoms. The van der Waals surface area contributed by atoms with Crippen molar-refractivity contribution in [3.63, 3.8) is 0 Å². The summed E-state index contributed by atoms with van der Waals surface area (Å²) in [6, 6.07) is 12.0. The maximum absolute atomic E-state index is 12.5. The zero-order valence-electron chi connectivity index (χ0n) is 13.6. The third-order valence-corrected chi connectivity index (χ3v) is 4.88. The smallest absolute Gasteiger partial charge is 0.325 e. The van der Waals surface area contributed by atoms with Crippen molar-refractivity contribution in [2.45, 2.75) is 23.7 Å². The van der Waals surface area contributed by atoms with Crippen LogP contribution in [-0.2, 0) is 6.42 Å². The molecule has 0 heterocycles. The van der Waals surface area contributed by atoms with Gasteiger partial charge in [-0.05, 0) is 70.0 Å². The van der Waals surface area contributed by atoms with E-state index >= 15 is 0 Å². The van der Waals surface area contributed by atoms with E-state index in [1.807, 2.05) is 31.2 Å². The van der Waals surface area contributed by atoms with Crippen LogP contribution in [0.1, 0.15) is 12.5 Å². The van der Waals surface area contributed by atoms with Gasteiger partial charge in [-0.3, -0.25) is 5.41 Å². The lowest BCUT2D eigenvalue weighted by molar-refractivity contribution is -0.0328. The van der Waals surface area contributed by atoms with Gasteiger partial charge in [0, 0.05) is 22.1 Å². The number of halogens is 4. The van der Waals surface area contributed by atoms with Crippen molar-refractivity contribution in [3.8, 4) is 0 Å². The minimum Gasteiger partial charge on any atom is -0.325 e. The number of alkyl halides is 3. The molecule has 0 radical (unpaired) electrons. The molecule has 0 aliphatic carbocycles. The normalized spacial score (nSPS) is 11.3. The van der Waals surface area contributed by atoms with Crippen LogP contribution in [0.5, 0.6) is 0 Å². The molecule has 0 saturated heterocycles. The lowest BCUT2D eigenvalue weighted by Gasteiger charge is -2.22. The lowest BCUT2D eigenvalue weighted by Crippen LogP contribution is -2.32. The highest BCUT2D eigenvalue weighted by Gasteiger charge is 2.29. The summed E-state index contributed by atoms with van der Waals surface area (Å²) in [4.78, 5) is 1.69. The summed E-state index contributed by atoms with van der Waals surface area (Å²) in [6.07, 6.45) is 0.880. The number of thioether (sulfide) groups is 1. The second kappa shape index (κ2) is 8.14. The number of benzene rings is 2. The first-order chi connectivity index (χ1) is 11.7. The topological polar surface area (TPSA) is 39.1 Å². The molecular weight excluding hydrogens is 415 g/mol. The van der Waals surface area contributed by atoms with E-state index < -0.39 is 5.51 Å². The number of hydrogen-bond donors (Lipinski definition) is 2. The molecule has 8 heteroatoms. The van der Waals surface area contributed by atoms with Crippen LogP contribution >= 0.6 is 27.7 Å². The Morgan fingerprint density at radius 2 is 1.96 bits per heavy atom. The molecule has 0 bridgehead atoms. The minimum atomic E-state index is -4.35. The molecule has 2 rings (SSSR count). The average molecular weight is 432 g/mol. The van der Waals surface area contributed by atoms with Crippen LogP contribution < -0.4 is 10.2 Å². The van der Waals surface area contributed by atoms with Crippen molar-refractivity contribution in [1.29, 1.82) is 5.41 Å². The van der Waals surface area contributed by atoms with Crippen LogP contribution in [-0.4, -0.2) is 18.5 Å². The van der Waals surface area contributed by atoms with Crippen LogP contribution in [0.15, 0.2) is 51.8 Å². The van der Waals surface area contributed by atoms with Gasteiger partial charge in [0.05, 0.1) is 5.69 Å². The fourth-order valence-corrected chi connectivity index (χ4v) is 3.05. The number of rotatable bonds is 4. The highest BCUT2D eigenvalue weighted by molar-refractivity contribution is 9.10. The molecule has 0 unspecified atom stereocenters. The third-order valence-electron chi connectivity index (χ3n) is 3.47. The van der Waals surface area contributed by atoms with Crippen molar-refractivity contribution >= 4 is 45.0 Å². The predicted octanol–water partition coefficient (Wildman–Crippen LogP) is 6.11. The summed E-state index contributed by atoms with van der Waals surface area (Å²) in [6.45, 7) is 2.05. The quantitative estimate of drug-likeness (QED) is 0.348. The first-order valence-electron chi connectivity index (χ1n) is 7.43. The van der Waals surface area contributed by atoms with Crippen molar-refractivity contribution in [2.24, 2.45) is 0 Å². The van der Waals surface area contributed by atoms with Crippen LogP contribution in [0.3, 0.4) is 0 Å². The largest absolute Gasteiger partial charge is 0.446 e. The molecule has 0 aliphatic heterocycles. The standard InChI is InChI=1S/C17H17BrF3N3S/c1-3-11-5-4-6-12(9-11)24(2)16(22)23-15-10-13(7-8-14(15)18)25-17(19,20)21/h4-10H,3H2,1-2H3,(H2,22,23). The van der Waals surface area contributed by atoms with Crippen molar-refractivity contribution in [1.82, 2.24) is 0 Å². The Morgan fingerprint density at radius 1 is 1.24 bits per heavy atom. The Morgan fingerprint density at radius 3 is 2.60 bits per heavy atom. The molecule has 0 saturated carbocycles. The molecule has 0 aliphatic rings. The maximum Gasteiger partial charge on any atom is 0.446 e. The van der Waals surface area contributed by atoms with E-state index in [9.17, 15) is 13.2 Å². The van der Waals surface area contributed by atoms with Crippen LogP contribution in [0.25, 0.3) is 0 Å². The van der Waals surface area contributed by atoms with Crippen molar-refractivity contribution < 1.29 is 13.2 Å². The zero-order valence-corrected chi connectivity index (χ0v) is 16.0. The molecule has 134 valence electrons. The number of guanidine groups is 1. The Kier molecular flexibility index (Phi) is 6.40. The summed E-state index contributed by atoms with van der Waals surface area (Å²) < 4.78 is 38.2. The SMILES string of the molecule is CCc1cccc(N(C)C(=N)Nc2cc(SC(F)(F)F)ccc2Br)c1.